The first-order valence-corrected chi connectivity index (χ1v) is 6.11. The zero-order chi connectivity index (χ0) is 12.7. The smallest absolute Gasteiger partial charge is 0.227 e. The Hall–Kier alpha value is -2.68. The van der Waals surface area contributed by atoms with E-state index >= 15 is 0 Å². The third-order valence-corrected chi connectivity index (χ3v) is 3.14. The predicted octanol–water partition coefficient (Wildman–Crippen LogP) is 4.04. The summed E-state index contributed by atoms with van der Waals surface area (Å²) < 4.78 is 5.77. The van der Waals surface area contributed by atoms with Crippen molar-refractivity contribution >= 4 is 22.0 Å². The Morgan fingerprint density at radius 1 is 0.842 bits per heavy atom. The number of nitrogens with zero attached hydrogens (tertiary/aromatic N) is 2. The van der Waals surface area contributed by atoms with E-state index < -0.39 is 0 Å². The van der Waals surface area contributed by atoms with Crippen molar-refractivity contribution in [2.75, 3.05) is 0 Å². The average Bonchev–Trinajstić information content (AvgIpc) is 2.90. The molecule has 0 atom stereocenters. The highest BCUT2D eigenvalue weighted by molar-refractivity contribution is 5.84. The number of oxazole rings is 1. The van der Waals surface area contributed by atoms with Crippen LogP contribution < -0.4 is 0 Å². The first-order valence-electron chi connectivity index (χ1n) is 6.11. The summed E-state index contributed by atoms with van der Waals surface area (Å²) in [5.74, 6) is 0.645. The summed E-state index contributed by atoms with van der Waals surface area (Å²) in [4.78, 5) is 8.81. The van der Waals surface area contributed by atoms with E-state index in [4.69, 9.17) is 4.42 Å². The number of para-hydroxylation sites is 2. The summed E-state index contributed by atoms with van der Waals surface area (Å²) in [5.41, 5.74) is 3.63. The van der Waals surface area contributed by atoms with Crippen LogP contribution in [-0.4, -0.2) is 9.97 Å². The Bertz CT molecular complexity index is 847. The van der Waals surface area contributed by atoms with Crippen LogP contribution in [0.2, 0.25) is 0 Å². The van der Waals surface area contributed by atoms with Crippen LogP contribution in [0.15, 0.2) is 65.2 Å². The fourth-order valence-electron chi connectivity index (χ4n) is 2.20. The van der Waals surface area contributed by atoms with Crippen LogP contribution >= 0.6 is 0 Å². The summed E-state index contributed by atoms with van der Waals surface area (Å²) in [7, 11) is 0. The van der Waals surface area contributed by atoms with Gasteiger partial charge in [0.1, 0.15) is 5.52 Å². The lowest BCUT2D eigenvalue weighted by atomic mass is 10.1. The van der Waals surface area contributed by atoms with E-state index in [1.165, 1.54) is 0 Å². The fraction of sp³-hybridized carbons (Fsp3) is 0. The lowest BCUT2D eigenvalue weighted by Crippen LogP contribution is -1.80. The molecule has 4 aromatic rings. The molecule has 0 saturated heterocycles. The number of rotatable bonds is 1. The zero-order valence-electron chi connectivity index (χ0n) is 10.1. The van der Waals surface area contributed by atoms with Crippen molar-refractivity contribution in [3.63, 3.8) is 0 Å². The number of pyridine rings is 1. The topological polar surface area (TPSA) is 38.9 Å². The first kappa shape index (κ1) is 10.3. The molecule has 3 nitrogen and oxygen atoms in total. The first-order chi connectivity index (χ1) is 9.40. The van der Waals surface area contributed by atoms with Crippen LogP contribution in [0.5, 0.6) is 0 Å². The van der Waals surface area contributed by atoms with Gasteiger partial charge in [-0.15, -0.1) is 0 Å². The number of aromatic nitrogens is 2. The highest BCUT2D eigenvalue weighted by Gasteiger charge is 2.08. The summed E-state index contributed by atoms with van der Waals surface area (Å²) in [6.45, 7) is 0. The Morgan fingerprint density at radius 3 is 2.74 bits per heavy atom. The maximum absolute atomic E-state index is 5.77. The highest BCUT2D eigenvalue weighted by Crippen LogP contribution is 2.26. The van der Waals surface area contributed by atoms with Crippen LogP contribution in [0, 0.1) is 0 Å². The molecule has 90 valence electrons. The lowest BCUT2D eigenvalue weighted by Gasteiger charge is -1.98. The van der Waals surface area contributed by atoms with Gasteiger partial charge in [0, 0.05) is 17.1 Å². The number of benzene rings is 2. The Labute approximate surface area is 109 Å². The normalized spacial score (nSPS) is 11.2. The average molecular weight is 246 g/mol. The molecule has 0 aliphatic carbocycles. The molecule has 0 unspecified atom stereocenters. The molecule has 0 fully saturated rings. The van der Waals surface area contributed by atoms with Gasteiger partial charge in [-0.2, -0.15) is 0 Å². The molecule has 19 heavy (non-hydrogen) atoms. The maximum atomic E-state index is 5.77. The molecule has 2 aromatic heterocycles. The molecule has 0 aliphatic rings. The minimum atomic E-state index is 0.645. The van der Waals surface area contributed by atoms with E-state index in [2.05, 4.69) is 9.97 Å². The monoisotopic (exact) mass is 246 g/mol. The largest absolute Gasteiger partial charge is 0.436 e. The summed E-state index contributed by atoms with van der Waals surface area (Å²) in [6, 6.07) is 17.8. The van der Waals surface area contributed by atoms with Gasteiger partial charge in [0.2, 0.25) is 5.89 Å². The van der Waals surface area contributed by atoms with Gasteiger partial charge in [-0.25, -0.2) is 4.98 Å². The van der Waals surface area contributed by atoms with Crippen molar-refractivity contribution in [3.8, 4) is 11.5 Å². The van der Waals surface area contributed by atoms with Gasteiger partial charge in [-0.1, -0.05) is 18.2 Å². The zero-order valence-corrected chi connectivity index (χ0v) is 10.1. The molecule has 0 N–H and O–H groups in total. The van der Waals surface area contributed by atoms with Gasteiger partial charge in [0.15, 0.2) is 5.58 Å². The van der Waals surface area contributed by atoms with E-state index in [0.717, 1.165) is 27.6 Å². The molecule has 0 amide bonds. The number of fused-ring (bicyclic) bond motifs is 2. The molecule has 2 aromatic carbocycles. The van der Waals surface area contributed by atoms with E-state index in [1.807, 2.05) is 54.6 Å². The van der Waals surface area contributed by atoms with Crippen LogP contribution in [0.25, 0.3) is 33.5 Å². The quantitative estimate of drug-likeness (QED) is 0.508. The van der Waals surface area contributed by atoms with Crippen LogP contribution in [-0.2, 0) is 0 Å². The van der Waals surface area contributed by atoms with Gasteiger partial charge < -0.3 is 4.42 Å². The van der Waals surface area contributed by atoms with Crippen molar-refractivity contribution in [1.82, 2.24) is 9.97 Å². The summed E-state index contributed by atoms with van der Waals surface area (Å²) in [6.07, 6.45) is 1.79. The minimum Gasteiger partial charge on any atom is -0.436 e. The highest BCUT2D eigenvalue weighted by atomic mass is 16.3. The Morgan fingerprint density at radius 2 is 1.79 bits per heavy atom. The van der Waals surface area contributed by atoms with Gasteiger partial charge in [0.25, 0.3) is 0 Å². The summed E-state index contributed by atoms with van der Waals surface area (Å²) >= 11 is 0. The van der Waals surface area contributed by atoms with Crippen molar-refractivity contribution in [1.29, 1.82) is 0 Å². The van der Waals surface area contributed by atoms with E-state index in [1.54, 1.807) is 6.20 Å². The van der Waals surface area contributed by atoms with E-state index in [0.29, 0.717) is 5.89 Å². The van der Waals surface area contributed by atoms with Crippen LogP contribution in [0.3, 0.4) is 0 Å². The van der Waals surface area contributed by atoms with Crippen molar-refractivity contribution in [3.05, 3.63) is 60.8 Å². The van der Waals surface area contributed by atoms with E-state index in [-0.39, 0.29) is 0 Å². The predicted molar refractivity (Wildman–Crippen MR) is 74.7 cm³/mol. The fourth-order valence-corrected chi connectivity index (χ4v) is 2.20. The van der Waals surface area contributed by atoms with Gasteiger partial charge in [-0.3, -0.25) is 4.98 Å². The lowest BCUT2D eigenvalue weighted by molar-refractivity contribution is 0.620. The van der Waals surface area contributed by atoms with Crippen molar-refractivity contribution in [2.45, 2.75) is 0 Å². The molecule has 4 rings (SSSR count). The Kier molecular flexibility index (Phi) is 2.12. The second-order valence-electron chi connectivity index (χ2n) is 4.40. The standard InChI is InChI=1S/C16H10N2O/c1-2-6-15-14(5-1)18-16(19-15)12-7-8-13-11(10-12)4-3-9-17-13/h1-10H. The second-order valence-corrected chi connectivity index (χ2v) is 4.40. The third-order valence-electron chi connectivity index (χ3n) is 3.14. The minimum absolute atomic E-state index is 0.645. The number of hydrogen-bond acceptors (Lipinski definition) is 3. The SMILES string of the molecule is c1cnc2ccc(-c3nc4ccccc4o3)cc2c1. The molecule has 0 saturated carbocycles. The molecular formula is C16H10N2O. The second kappa shape index (κ2) is 3.92. The van der Waals surface area contributed by atoms with Gasteiger partial charge in [0.05, 0.1) is 5.52 Å². The third kappa shape index (κ3) is 1.67. The molecular weight excluding hydrogens is 236 g/mol. The molecule has 0 bridgehead atoms. The molecule has 0 radical (unpaired) electrons. The van der Waals surface area contributed by atoms with Gasteiger partial charge >= 0.3 is 0 Å². The molecule has 3 heteroatoms. The van der Waals surface area contributed by atoms with Crippen LogP contribution in [0.1, 0.15) is 0 Å². The van der Waals surface area contributed by atoms with Crippen LogP contribution in [0.4, 0.5) is 0 Å². The van der Waals surface area contributed by atoms with Gasteiger partial charge in [-0.05, 0) is 36.4 Å². The number of hydrogen-bond donors (Lipinski definition) is 0. The van der Waals surface area contributed by atoms with Crippen molar-refractivity contribution in [2.24, 2.45) is 0 Å². The van der Waals surface area contributed by atoms with Crippen molar-refractivity contribution < 1.29 is 4.42 Å². The molecule has 0 spiro atoms. The molecule has 2 heterocycles. The Balaban J connectivity index is 1.93. The summed E-state index contributed by atoms with van der Waals surface area (Å²) in [5, 5.41) is 1.09. The van der Waals surface area contributed by atoms with E-state index in [9.17, 15) is 0 Å². The maximum Gasteiger partial charge on any atom is 0.227 e. The molecule has 0 aliphatic heterocycles.